The van der Waals surface area contributed by atoms with Gasteiger partial charge in [-0.2, -0.15) is 0 Å². The number of furan rings is 1. The Labute approximate surface area is 104 Å². The van der Waals surface area contributed by atoms with Gasteiger partial charge in [0.05, 0.1) is 19.6 Å². The van der Waals surface area contributed by atoms with Crippen LogP contribution in [0.1, 0.15) is 30.4 Å². The van der Waals surface area contributed by atoms with Gasteiger partial charge in [-0.05, 0) is 38.6 Å². The van der Waals surface area contributed by atoms with Gasteiger partial charge in [-0.15, -0.1) is 6.42 Å². The van der Waals surface area contributed by atoms with E-state index in [1.165, 1.54) is 5.56 Å². The second-order valence-electron chi connectivity index (χ2n) is 4.26. The zero-order valence-electron chi connectivity index (χ0n) is 11.0. The molecule has 1 aromatic heterocycles. The highest BCUT2D eigenvalue weighted by molar-refractivity contribution is 5.20. The fourth-order valence-corrected chi connectivity index (χ4v) is 1.88. The van der Waals surface area contributed by atoms with Crippen LogP contribution in [0.25, 0.3) is 0 Å². The van der Waals surface area contributed by atoms with Crippen LogP contribution >= 0.6 is 0 Å². The first-order valence-corrected chi connectivity index (χ1v) is 6.09. The molecule has 0 aliphatic heterocycles. The minimum atomic E-state index is 0.676. The first-order valence-electron chi connectivity index (χ1n) is 6.09. The number of nitrogens with zero attached hydrogens (tertiary/aromatic N) is 1. The molecular formula is C14H22N2O. The third kappa shape index (κ3) is 4.26. The highest BCUT2D eigenvalue weighted by atomic mass is 16.3. The average Bonchev–Trinajstić information content (AvgIpc) is 2.61. The van der Waals surface area contributed by atoms with Gasteiger partial charge < -0.3 is 9.73 Å². The van der Waals surface area contributed by atoms with Crippen LogP contribution in [0, 0.1) is 19.3 Å². The molecule has 0 saturated carbocycles. The van der Waals surface area contributed by atoms with Crippen molar-refractivity contribution in [2.45, 2.75) is 33.4 Å². The SMILES string of the molecule is C#CCN(CCC)Cc1cc(C)c(CNC)o1. The lowest BCUT2D eigenvalue weighted by molar-refractivity contribution is 0.268. The number of aryl methyl sites for hydroxylation is 1. The molecule has 0 amide bonds. The van der Waals surface area contributed by atoms with E-state index < -0.39 is 0 Å². The molecule has 1 rings (SSSR count). The molecule has 3 heteroatoms. The first-order chi connectivity index (χ1) is 8.21. The maximum Gasteiger partial charge on any atom is 0.120 e. The van der Waals surface area contributed by atoms with Crippen LogP contribution in [0.4, 0.5) is 0 Å². The van der Waals surface area contributed by atoms with E-state index in [-0.39, 0.29) is 0 Å². The van der Waals surface area contributed by atoms with E-state index in [1.807, 2.05) is 7.05 Å². The molecule has 0 unspecified atom stereocenters. The minimum Gasteiger partial charge on any atom is -0.463 e. The zero-order valence-corrected chi connectivity index (χ0v) is 11.0. The van der Waals surface area contributed by atoms with Crippen LogP contribution in [0.2, 0.25) is 0 Å². The Kier molecular flexibility index (Phi) is 5.82. The summed E-state index contributed by atoms with van der Waals surface area (Å²) in [7, 11) is 1.92. The molecular weight excluding hydrogens is 212 g/mol. The van der Waals surface area contributed by atoms with E-state index >= 15 is 0 Å². The van der Waals surface area contributed by atoms with Crippen LogP contribution in [-0.4, -0.2) is 25.0 Å². The normalized spacial score (nSPS) is 10.8. The predicted octanol–water partition coefficient (Wildman–Crippen LogP) is 2.15. The fourth-order valence-electron chi connectivity index (χ4n) is 1.88. The van der Waals surface area contributed by atoms with Crippen molar-refractivity contribution >= 4 is 0 Å². The van der Waals surface area contributed by atoms with Gasteiger partial charge in [0.1, 0.15) is 11.5 Å². The van der Waals surface area contributed by atoms with Crippen molar-refractivity contribution in [1.82, 2.24) is 10.2 Å². The number of nitrogens with one attached hydrogen (secondary N) is 1. The van der Waals surface area contributed by atoms with Gasteiger partial charge in [0.15, 0.2) is 0 Å². The second kappa shape index (κ2) is 7.16. The van der Waals surface area contributed by atoms with E-state index in [2.05, 4.69) is 36.1 Å². The molecule has 0 radical (unpaired) electrons. The molecule has 94 valence electrons. The topological polar surface area (TPSA) is 28.4 Å². The Balaban J connectivity index is 2.65. The summed E-state index contributed by atoms with van der Waals surface area (Å²) in [5.74, 6) is 4.70. The Hall–Kier alpha value is -1.24. The lowest BCUT2D eigenvalue weighted by Crippen LogP contribution is -2.24. The van der Waals surface area contributed by atoms with Crippen LogP contribution in [0.15, 0.2) is 10.5 Å². The first kappa shape index (κ1) is 13.8. The molecule has 3 nitrogen and oxygen atoms in total. The van der Waals surface area contributed by atoms with Crippen LogP contribution in [0.3, 0.4) is 0 Å². The standard InChI is InChI=1S/C14H22N2O/c1-5-7-16(8-6-2)11-13-9-12(3)14(17-13)10-15-4/h1,9,15H,6-8,10-11H2,2-4H3. The molecule has 0 aromatic carbocycles. The molecule has 0 spiro atoms. The molecule has 1 heterocycles. The number of hydrogen-bond acceptors (Lipinski definition) is 3. The maximum atomic E-state index is 5.81. The maximum absolute atomic E-state index is 5.81. The number of terminal acetylenes is 1. The highest BCUT2D eigenvalue weighted by Gasteiger charge is 2.10. The molecule has 0 aliphatic rings. The van der Waals surface area contributed by atoms with E-state index in [9.17, 15) is 0 Å². The third-order valence-corrected chi connectivity index (χ3v) is 2.64. The lowest BCUT2D eigenvalue weighted by Gasteiger charge is -2.16. The monoisotopic (exact) mass is 234 g/mol. The van der Waals surface area contributed by atoms with E-state index in [0.29, 0.717) is 6.54 Å². The van der Waals surface area contributed by atoms with E-state index in [1.54, 1.807) is 0 Å². The zero-order chi connectivity index (χ0) is 12.7. The van der Waals surface area contributed by atoms with Crippen molar-refractivity contribution in [2.75, 3.05) is 20.1 Å². The largest absolute Gasteiger partial charge is 0.463 e. The molecule has 0 fully saturated rings. The van der Waals surface area contributed by atoms with E-state index in [4.69, 9.17) is 10.8 Å². The van der Waals surface area contributed by atoms with E-state index in [0.717, 1.165) is 37.6 Å². The van der Waals surface area contributed by atoms with Gasteiger partial charge >= 0.3 is 0 Å². The molecule has 0 saturated heterocycles. The summed E-state index contributed by atoms with van der Waals surface area (Å²) in [5.41, 5.74) is 1.20. The minimum absolute atomic E-state index is 0.676. The summed E-state index contributed by atoms with van der Waals surface area (Å²) in [5, 5.41) is 3.10. The van der Waals surface area contributed by atoms with Gasteiger partial charge in [-0.25, -0.2) is 0 Å². The summed E-state index contributed by atoms with van der Waals surface area (Å²) in [6.07, 6.45) is 6.47. The van der Waals surface area contributed by atoms with Crippen molar-refractivity contribution in [2.24, 2.45) is 0 Å². The molecule has 1 aromatic rings. The molecule has 0 aliphatic carbocycles. The van der Waals surface area contributed by atoms with Crippen molar-refractivity contribution < 1.29 is 4.42 Å². The predicted molar refractivity (Wildman–Crippen MR) is 70.6 cm³/mol. The van der Waals surface area contributed by atoms with Crippen LogP contribution in [-0.2, 0) is 13.1 Å². The molecule has 1 N–H and O–H groups in total. The molecule has 0 atom stereocenters. The third-order valence-electron chi connectivity index (χ3n) is 2.64. The van der Waals surface area contributed by atoms with Gasteiger partial charge in [0.2, 0.25) is 0 Å². The summed E-state index contributed by atoms with van der Waals surface area (Å²) in [6, 6.07) is 2.10. The Morgan fingerprint density at radius 1 is 1.53 bits per heavy atom. The van der Waals surface area contributed by atoms with Crippen molar-refractivity contribution in [3.8, 4) is 12.3 Å². The summed E-state index contributed by atoms with van der Waals surface area (Å²) >= 11 is 0. The Bertz CT molecular complexity index is 376. The smallest absolute Gasteiger partial charge is 0.120 e. The second-order valence-corrected chi connectivity index (χ2v) is 4.26. The van der Waals surface area contributed by atoms with Gasteiger partial charge in [0, 0.05) is 0 Å². The van der Waals surface area contributed by atoms with Crippen molar-refractivity contribution in [3.05, 3.63) is 23.2 Å². The lowest BCUT2D eigenvalue weighted by atomic mass is 10.2. The van der Waals surface area contributed by atoms with Gasteiger partial charge in [-0.1, -0.05) is 12.8 Å². The quantitative estimate of drug-likeness (QED) is 0.733. The van der Waals surface area contributed by atoms with Gasteiger partial charge in [0.25, 0.3) is 0 Å². The van der Waals surface area contributed by atoms with Crippen molar-refractivity contribution in [3.63, 3.8) is 0 Å². The molecule has 0 bridgehead atoms. The van der Waals surface area contributed by atoms with Crippen molar-refractivity contribution in [1.29, 1.82) is 0 Å². The molecule has 17 heavy (non-hydrogen) atoms. The summed E-state index contributed by atoms with van der Waals surface area (Å²) < 4.78 is 5.81. The van der Waals surface area contributed by atoms with Crippen LogP contribution in [0.5, 0.6) is 0 Å². The summed E-state index contributed by atoms with van der Waals surface area (Å²) in [6.45, 7) is 7.48. The number of rotatable bonds is 7. The van der Waals surface area contributed by atoms with Crippen LogP contribution < -0.4 is 5.32 Å². The Morgan fingerprint density at radius 2 is 2.29 bits per heavy atom. The number of hydrogen-bond donors (Lipinski definition) is 1. The van der Waals surface area contributed by atoms with Gasteiger partial charge in [-0.3, -0.25) is 4.90 Å². The summed E-state index contributed by atoms with van der Waals surface area (Å²) in [4.78, 5) is 2.22. The fraction of sp³-hybridized carbons (Fsp3) is 0.571. The average molecular weight is 234 g/mol. The highest BCUT2D eigenvalue weighted by Crippen LogP contribution is 2.16. The Morgan fingerprint density at radius 3 is 2.88 bits per heavy atom.